The molecule has 0 radical (unpaired) electrons. The molecule has 10 heteroatoms. The number of amides is 5. The van der Waals surface area contributed by atoms with Gasteiger partial charge in [0.1, 0.15) is 5.76 Å². The monoisotopic (exact) mass is 385 g/mol. The Morgan fingerprint density at radius 2 is 1.89 bits per heavy atom. The van der Waals surface area contributed by atoms with Crippen LogP contribution in [0.2, 0.25) is 0 Å². The van der Waals surface area contributed by atoms with E-state index in [9.17, 15) is 24.0 Å². The molecule has 28 heavy (non-hydrogen) atoms. The second-order valence-electron chi connectivity index (χ2n) is 5.94. The first-order valence-corrected chi connectivity index (χ1v) is 8.12. The minimum absolute atomic E-state index is 0.0292. The normalized spacial score (nSPS) is 13.8. The van der Waals surface area contributed by atoms with Crippen molar-refractivity contribution in [3.8, 4) is 0 Å². The van der Waals surface area contributed by atoms with Crippen molar-refractivity contribution in [1.82, 2.24) is 10.2 Å². The molecule has 2 heterocycles. The Morgan fingerprint density at radius 3 is 2.54 bits per heavy atom. The van der Waals surface area contributed by atoms with Crippen LogP contribution >= 0.6 is 0 Å². The highest BCUT2D eigenvalue weighted by Crippen LogP contribution is 2.26. The minimum atomic E-state index is -1.29. The Labute approximate surface area is 158 Å². The summed E-state index contributed by atoms with van der Waals surface area (Å²) in [6, 6.07) is 6.05. The second kappa shape index (κ2) is 7.35. The smallest absolute Gasteiger partial charge is 0.338 e. The van der Waals surface area contributed by atoms with Crippen LogP contribution in [0.4, 0.5) is 4.79 Å². The lowest BCUT2D eigenvalue weighted by Gasteiger charge is -2.12. The van der Waals surface area contributed by atoms with E-state index in [0.29, 0.717) is 5.76 Å². The van der Waals surface area contributed by atoms with E-state index in [2.05, 4.69) is 0 Å². The van der Waals surface area contributed by atoms with Crippen molar-refractivity contribution in [3.63, 3.8) is 0 Å². The number of imide groups is 2. The van der Waals surface area contributed by atoms with Gasteiger partial charge in [0.2, 0.25) is 0 Å². The molecule has 5 amide bonds. The number of hydrogen-bond acceptors (Lipinski definition) is 7. The molecule has 0 saturated heterocycles. The zero-order valence-corrected chi connectivity index (χ0v) is 14.6. The number of ether oxygens (including phenoxy) is 1. The van der Waals surface area contributed by atoms with Crippen LogP contribution in [0.25, 0.3) is 0 Å². The van der Waals surface area contributed by atoms with Crippen molar-refractivity contribution >= 4 is 29.7 Å². The van der Waals surface area contributed by atoms with Crippen LogP contribution < -0.4 is 11.1 Å². The number of esters is 1. The van der Waals surface area contributed by atoms with Crippen LogP contribution in [0.3, 0.4) is 0 Å². The molecule has 1 atom stereocenters. The van der Waals surface area contributed by atoms with E-state index in [0.717, 1.165) is 4.90 Å². The quantitative estimate of drug-likeness (QED) is 0.571. The van der Waals surface area contributed by atoms with Crippen LogP contribution in [0.15, 0.2) is 41.0 Å². The van der Waals surface area contributed by atoms with Crippen LogP contribution in [0.1, 0.15) is 43.8 Å². The molecule has 1 aliphatic heterocycles. The van der Waals surface area contributed by atoms with E-state index in [1.54, 1.807) is 17.4 Å². The molecule has 1 aliphatic rings. The number of benzene rings is 1. The molecule has 144 valence electrons. The molecule has 0 fully saturated rings. The summed E-state index contributed by atoms with van der Waals surface area (Å²) in [5, 5.41) is 1.79. The van der Waals surface area contributed by atoms with Crippen molar-refractivity contribution in [2.45, 2.75) is 19.6 Å². The number of nitrogens with one attached hydrogen (secondary N) is 1. The molecule has 10 nitrogen and oxygen atoms in total. The van der Waals surface area contributed by atoms with Crippen LogP contribution in [-0.4, -0.2) is 40.7 Å². The van der Waals surface area contributed by atoms with Crippen molar-refractivity contribution < 1.29 is 33.1 Å². The van der Waals surface area contributed by atoms with E-state index in [1.165, 1.54) is 31.4 Å². The van der Waals surface area contributed by atoms with Crippen molar-refractivity contribution in [3.05, 3.63) is 59.0 Å². The van der Waals surface area contributed by atoms with Gasteiger partial charge in [-0.2, -0.15) is 0 Å². The highest BCUT2D eigenvalue weighted by atomic mass is 16.5. The zero-order valence-electron chi connectivity index (χ0n) is 14.6. The number of urea groups is 1. The average molecular weight is 385 g/mol. The molecule has 2 aromatic rings. The van der Waals surface area contributed by atoms with E-state index in [-0.39, 0.29) is 23.2 Å². The van der Waals surface area contributed by atoms with Gasteiger partial charge in [-0.3, -0.25) is 24.6 Å². The van der Waals surface area contributed by atoms with Crippen LogP contribution in [0.5, 0.6) is 0 Å². The molecular weight excluding hydrogens is 370 g/mol. The largest absolute Gasteiger partial charge is 0.467 e. The number of rotatable bonds is 5. The Morgan fingerprint density at radius 1 is 1.18 bits per heavy atom. The predicted molar refractivity (Wildman–Crippen MR) is 92.0 cm³/mol. The lowest BCUT2D eigenvalue weighted by Crippen LogP contribution is -2.42. The number of carbonyl (C=O) groups excluding carboxylic acids is 5. The summed E-state index contributed by atoms with van der Waals surface area (Å²) in [4.78, 5) is 60.5. The van der Waals surface area contributed by atoms with Crippen molar-refractivity contribution in [2.75, 3.05) is 0 Å². The Bertz CT molecular complexity index is 981. The topological polar surface area (TPSA) is 149 Å². The molecular formula is C18H15N3O7. The summed E-state index contributed by atoms with van der Waals surface area (Å²) in [7, 11) is 0. The maximum absolute atomic E-state index is 12.6. The summed E-state index contributed by atoms with van der Waals surface area (Å²) in [5.41, 5.74) is 4.99. The molecule has 1 unspecified atom stereocenters. The third-order valence-corrected chi connectivity index (χ3v) is 4.00. The van der Waals surface area contributed by atoms with E-state index in [1.807, 2.05) is 0 Å². The number of hydrogen-bond donors (Lipinski definition) is 2. The van der Waals surface area contributed by atoms with Crippen LogP contribution in [0, 0.1) is 0 Å². The number of furan rings is 1. The summed E-state index contributed by atoms with van der Waals surface area (Å²) in [5.74, 6) is -2.45. The van der Waals surface area contributed by atoms with Gasteiger partial charge in [-0.05, 0) is 37.3 Å². The Kier molecular flexibility index (Phi) is 4.94. The predicted octanol–water partition coefficient (Wildman–Crippen LogP) is 0.816. The number of carbonyl (C=O) groups is 5. The fourth-order valence-electron chi connectivity index (χ4n) is 2.62. The second-order valence-corrected chi connectivity index (χ2v) is 5.94. The summed E-state index contributed by atoms with van der Waals surface area (Å²) >= 11 is 0. The molecule has 3 N–H and O–H groups in total. The zero-order chi connectivity index (χ0) is 20.4. The molecule has 0 spiro atoms. The number of fused-ring (bicyclic) bond motifs is 1. The van der Waals surface area contributed by atoms with Crippen molar-refractivity contribution in [2.24, 2.45) is 5.73 Å². The SMILES string of the molecule is CC(OC(=O)c1ccc2c(c1)C(=O)N(Cc1ccco1)C2=O)C(=O)NC(N)=O. The molecule has 1 aromatic heterocycles. The van der Waals surface area contributed by atoms with E-state index < -0.39 is 35.8 Å². The van der Waals surface area contributed by atoms with Gasteiger partial charge in [-0.15, -0.1) is 0 Å². The van der Waals surface area contributed by atoms with Crippen molar-refractivity contribution in [1.29, 1.82) is 0 Å². The van der Waals surface area contributed by atoms with Gasteiger partial charge in [0, 0.05) is 0 Å². The third kappa shape index (κ3) is 3.61. The third-order valence-electron chi connectivity index (χ3n) is 4.00. The van der Waals surface area contributed by atoms with Crippen LogP contribution in [-0.2, 0) is 16.1 Å². The highest BCUT2D eigenvalue weighted by Gasteiger charge is 2.36. The molecule has 0 bridgehead atoms. The number of nitrogens with two attached hydrogens (primary N) is 1. The first kappa shape index (κ1) is 18.8. The van der Waals surface area contributed by atoms with Gasteiger partial charge < -0.3 is 14.9 Å². The Balaban J connectivity index is 1.76. The van der Waals surface area contributed by atoms with Gasteiger partial charge in [-0.25, -0.2) is 9.59 Å². The van der Waals surface area contributed by atoms with Gasteiger partial charge in [-0.1, -0.05) is 0 Å². The Hall–Kier alpha value is -3.95. The average Bonchev–Trinajstić information content (AvgIpc) is 3.24. The molecule has 1 aromatic carbocycles. The fraction of sp³-hybridized carbons (Fsp3) is 0.167. The first-order valence-electron chi connectivity index (χ1n) is 8.12. The molecule has 0 saturated carbocycles. The highest BCUT2D eigenvalue weighted by molar-refractivity contribution is 6.21. The summed E-state index contributed by atoms with van der Waals surface area (Å²) < 4.78 is 10.1. The van der Waals surface area contributed by atoms with Gasteiger partial charge in [0.15, 0.2) is 6.10 Å². The number of primary amides is 1. The van der Waals surface area contributed by atoms with Gasteiger partial charge in [0.25, 0.3) is 17.7 Å². The first-order chi connectivity index (χ1) is 13.3. The standard InChI is InChI=1S/C18H15N3O7/c1-9(14(22)20-18(19)26)28-17(25)10-4-5-12-13(7-10)16(24)21(15(12)23)8-11-3-2-6-27-11/h2-7,9H,8H2,1H3,(H3,19,20,22,26). The maximum Gasteiger partial charge on any atom is 0.338 e. The molecule has 0 aliphatic carbocycles. The lowest BCUT2D eigenvalue weighted by molar-refractivity contribution is -0.127. The summed E-state index contributed by atoms with van der Waals surface area (Å²) in [6.07, 6.45) is 0.137. The maximum atomic E-state index is 12.6. The van der Waals surface area contributed by atoms with Gasteiger partial charge in [0.05, 0.1) is 29.5 Å². The lowest BCUT2D eigenvalue weighted by atomic mass is 10.1. The minimum Gasteiger partial charge on any atom is -0.467 e. The van der Waals surface area contributed by atoms with E-state index in [4.69, 9.17) is 14.9 Å². The number of nitrogens with zero attached hydrogens (tertiary/aromatic N) is 1. The van der Waals surface area contributed by atoms with E-state index >= 15 is 0 Å². The summed E-state index contributed by atoms with van der Waals surface area (Å²) in [6.45, 7) is 1.22. The van der Waals surface area contributed by atoms with Gasteiger partial charge >= 0.3 is 12.0 Å². The fourth-order valence-corrected chi connectivity index (χ4v) is 2.62. The molecule has 3 rings (SSSR count).